The molecule has 0 aromatic heterocycles. The topological polar surface area (TPSA) is 70.1 Å². The number of carboxylic acid groups (broad SMARTS) is 1. The summed E-state index contributed by atoms with van der Waals surface area (Å²) in [4.78, 5) is 25.5. The fourth-order valence-electron chi connectivity index (χ4n) is 1.69. The van der Waals surface area contributed by atoms with Crippen LogP contribution in [0.25, 0.3) is 0 Å². The quantitative estimate of drug-likeness (QED) is 0.726. The van der Waals surface area contributed by atoms with Crippen LogP contribution in [-0.2, 0) is 14.3 Å². The van der Waals surface area contributed by atoms with Crippen molar-refractivity contribution in [2.24, 2.45) is 0 Å². The number of piperazine rings is 1. The van der Waals surface area contributed by atoms with Gasteiger partial charge in [-0.25, -0.2) is 0 Å². The van der Waals surface area contributed by atoms with Gasteiger partial charge >= 0.3 is 11.9 Å². The van der Waals surface area contributed by atoms with Crippen LogP contribution < -0.4 is 0 Å². The lowest BCUT2D eigenvalue weighted by molar-refractivity contribution is -0.145. The fourth-order valence-corrected chi connectivity index (χ4v) is 1.69. The summed E-state index contributed by atoms with van der Waals surface area (Å²) in [6, 6.07) is 0. The van der Waals surface area contributed by atoms with Crippen molar-refractivity contribution in [3.05, 3.63) is 0 Å². The van der Waals surface area contributed by atoms with Gasteiger partial charge in [0.05, 0.1) is 19.7 Å². The van der Waals surface area contributed by atoms with Gasteiger partial charge in [-0.2, -0.15) is 0 Å². The molecule has 108 valence electrons. The maximum absolute atomic E-state index is 11.2. The molecule has 1 N–H and O–H groups in total. The number of carbonyl (C=O) groups is 2. The summed E-state index contributed by atoms with van der Waals surface area (Å²) in [6.07, 6.45) is 0. The zero-order valence-corrected chi connectivity index (χ0v) is 12.0. The summed E-state index contributed by atoms with van der Waals surface area (Å²) in [5.41, 5.74) is 0. The second kappa shape index (κ2) is 10.4. The molecule has 0 aromatic carbocycles. The first kappa shape index (κ1) is 19.8. The lowest BCUT2D eigenvalue weighted by atomic mass is 10.3. The molecule has 0 aliphatic carbocycles. The van der Waals surface area contributed by atoms with Crippen molar-refractivity contribution in [1.29, 1.82) is 0 Å². The number of nitrogens with zero attached hydrogens (tertiary/aromatic N) is 2. The Labute approximate surface area is 119 Å². The van der Waals surface area contributed by atoms with Crippen LogP contribution in [0.15, 0.2) is 0 Å². The number of carboxylic acids is 1. The van der Waals surface area contributed by atoms with E-state index in [2.05, 4.69) is 0 Å². The lowest BCUT2D eigenvalue weighted by Crippen LogP contribution is -2.49. The van der Waals surface area contributed by atoms with Crippen LogP contribution >= 0.6 is 24.8 Å². The van der Waals surface area contributed by atoms with E-state index in [-0.39, 0.29) is 37.3 Å². The van der Waals surface area contributed by atoms with E-state index in [1.54, 1.807) is 6.92 Å². The summed E-state index contributed by atoms with van der Waals surface area (Å²) in [5.74, 6) is -1.02. The molecule has 0 bridgehead atoms. The van der Waals surface area contributed by atoms with Crippen molar-refractivity contribution in [3.8, 4) is 0 Å². The average molecular weight is 303 g/mol. The van der Waals surface area contributed by atoms with Crippen molar-refractivity contribution in [3.63, 3.8) is 0 Å². The molecule has 18 heavy (non-hydrogen) atoms. The van der Waals surface area contributed by atoms with Crippen LogP contribution in [0, 0.1) is 0 Å². The van der Waals surface area contributed by atoms with Gasteiger partial charge in [0.15, 0.2) is 0 Å². The largest absolute Gasteiger partial charge is 0.480 e. The molecule has 0 spiro atoms. The highest BCUT2D eigenvalue weighted by molar-refractivity contribution is 5.85. The Hall–Kier alpha value is -0.560. The smallest absolute Gasteiger partial charge is 0.320 e. The van der Waals surface area contributed by atoms with E-state index in [1.165, 1.54) is 0 Å². The SMILES string of the molecule is CCOC(=O)CN1CCN(CC(=O)O)CC1.Cl.Cl. The van der Waals surface area contributed by atoms with E-state index in [1.807, 2.05) is 9.80 Å². The van der Waals surface area contributed by atoms with E-state index in [4.69, 9.17) is 9.84 Å². The third-order valence-corrected chi connectivity index (χ3v) is 2.48. The molecule has 6 nitrogen and oxygen atoms in total. The molecule has 0 radical (unpaired) electrons. The Balaban J connectivity index is 0. The lowest BCUT2D eigenvalue weighted by Gasteiger charge is -2.32. The van der Waals surface area contributed by atoms with Crippen LogP contribution in [-0.4, -0.2) is 72.7 Å². The second-order valence-electron chi connectivity index (χ2n) is 3.75. The van der Waals surface area contributed by atoms with Gasteiger partial charge in [0, 0.05) is 26.2 Å². The van der Waals surface area contributed by atoms with E-state index in [9.17, 15) is 9.59 Å². The average Bonchev–Trinajstić information content (AvgIpc) is 2.20. The van der Waals surface area contributed by atoms with Crippen LogP contribution in [0.2, 0.25) is 0 Å². The number of rotatable bonds is 5. The van der Waals surface area contributed by atoms with E-state index in [0.717, 1.165) is 0 Å². The third kappa shape index (κ3) is 7.71. The first-order valence-corrected chi connectivity index (χ1v) is 5.44. The minimum atomic E-state index is -0.807. The number of carbonyl (C=O) groups excluding carboxylic acids is 1. The molecule has 0 amide bonds. The molecule has 1 fully saturated rings. The Bertz CT molecular complexity index is 258. The van der Waals surface area contributed by atoms with Gasteiger partial charge in [-0.3, -0.25) is 19.4 Å². The molecule has 1 heterocycles. The van der Waals surface area contributed by atoms with Crippen molar-refractivity contribution < 1.29 is 19.4 Å². The van der Waals surface area contributed by atoms with Crippen molar-refractivity contribution in [2.75, 3.05) is 45.9 Å². The highest BCUT2D eigenvalue weighted by atomic mass is 35.5. The van der Waals surface area contributed by atoms with Gasteiger partial charge in [0.25, 0.3) is 0 Å². The third-order valence-electron chi connectivity index (χ3n) is 2.48. The zero-order valence-electron chi connectivity index (χ0n) is 10.3. The molecular weight excluding hydrogens is 283 g/mol. The first-order valence-electron chi connectivity index (χ1n) is 5.44. The van der Waals surface area contributed by atoms with E-state index in [0.29, 0.717) is 39.3 Å². The molecule has 0 aromatic rings. The van der Waals surface area contributed by atoms with Gasteiger partial charge in [-0.15, -0.1) is 24.8 Å². The standard InChI is InChI=1S/C10H18N2O4.2ClH/c1-2-16-10(15)8-12-5-3-11(4-6-12)7-9(13)14;;/h2-8H2,1H3,(H,13,14);2*1H. The minimum Gasteiger partial charge on any atom is -0.480 e. The van der Waals surface area contributed by atoms with Crippen LogP contribution in [0.3, 0.4) is 0 Å². The normalized spacial score (nSPS) is 16.3. The summed E-state index contributed by atoms with van der Waals surface area (Å²) in [7, 11) is 0. The summed E-state index contributed by atoms with van der Waals surface area (Å²) >= 11 is 0. The molecule has 1 rings (SSSR count). The number of ether oxygens (including phenoxy) is 1. The molecule has 0 saturated carbocycles. The summed E-state index contributed by atoms with van der Waals surface area (Å²) in [6.45, 7) is 5.36. The molecular formula is C10H20Cl2N2O4. The van der Waals surface area contributed by atoms with Crippen molar-refractivity contribution in [1.82, 2.24) is 9.80 Å². The predicted molar refractivity (Wildman–Crippen MR) is 71.6 cm³/mol. The Morgan fingerprint density at radius 2 is 1.50 bits per heavy atom. The maximum Gasteiger partial charge on any atom is 0.320 e. The molecule has 0 unspecified atom stereocenters. The number of halogens is 2. The summed E-state index contributed by atoms with van der Waals surface area (Å²) < 4.78 is 4.85. The first-order chi connectivity index (χ1) is 7.61. The fraction of sp³-hybridized carbons (Fsp3) is 0.800. The number of esters is 1. The monoisotopic (exact) mass is 302 g/mol. The van der Waals surface area contributed by atoms with Gasteiger partial charge in [0.1, 0.15) is 0 Å². The van der Waals surface area contributed by atoms with Gasteiger partial charge in [-0.05, 0) is 6.92 Å². The Morgan fingerprint density at radius 1 is 1.06 bits per heavy atom. The molecule has 1 aliphatic rings. The molecule has 0 atom stereocenters. The molecule has 8 heteroatoms. The van der Waals surface area contributed by atoms with E-state index < -0.39 is 5.97 Å². The van der Waals surface area contributed by atoms with E-state index >= 15 is 0 Å². The van der Waals surface area contributed by atoms with Crippen LogP contribution in [0.4, 0.5) is 0 Å². The predicted octanol–water partition coefficient (Wildman–Crippen LogP) is 0.0953. The molecule has 1 aliphatic heterocycles. The summed E-state index contributed by atoms with van der Waals surface area (Å²) in [5, 5.41) is 8.62. The highest BCUT2D eigenvalue weighted by Crippen LogP contribution is 2.01. The minimum absolute atomic E-state index is 0. The number of hydrogen-bond donors (Lipinski definition) is 1. The zero-order chi connectivity index (χ0) is 12.0. The van der Waals surface area contributed by atoms with Gasteiger partial charge in [0.2, 0.25) is 0 Å². The van der Waals surface area contributed by atoms with Gasteiger partial charge < -0.3 is 9.84 Å². The Morgan fingerprint density at radius 3 is 1.89 bits per heavy atom. The van der Waals surface area contributed by atoms with Crippen LogP contribution in [0.5, 0.6) is 0 Å². The van der Waals surface area contributed by atoms with Crippen molar-refractivity contribution in [2.45, 2.75) is 6.92 Å². The number of aliphatic carboxylic acids is 1. The second-order valence-corrected chi connectivity index (χ2v) is 3.75. The molecule has 1 saturated heterocycles. The van der Waals surface area contributed by atoms with Crippen molar-refractivity contribution >= 4 is 36.8 Å². The maximum atomic E-state index is 11.2. The highest BCUT2D eigenvalue weighted by Gasteiger charge is 2.20. The van der Waals surface area contributed by atoms with Crippen LogP contribution in [0.1, 0.15) is 6.92 Å². The van der Waals surface area contributed by atoms with Gasteiger partial charge in [-0.1, -0.05) is 0 Å². The number of hydrogen-bond acceptors (Lipinski definition) is 5. The Kier molecular flexibility index (Phi) is 11.4.